The molecule has 0 aliphatic rings. The summed E-state index contributed by atoms with van der Waals surface area (Å²) in [6.07, 6.45) is 7.73. The zero-order valence-electron chi connectivity index (χ0n) is 19.3. The van der Waals surface area contributed by atoms with E-state index >= 15 is 0 Å². The molecule has 0 radical (unpaired) electrons. The van der Waals surface area contributed by atoms with E-state index in [2.05, 4.69) is 35.9 Å². The van der Waals surface area contributed by atoms with Crippen molar-refractivity contribution in [3.63, 3.8) is 0 Å². The Kier molecular flexibility index (Phi) is 6.59. The van der Waals surface area contributed by atoms with E-state index in [1.165, 1.54) is 0 Å². The van der Waals surface area contributed by atoms with Crippen molar-refractivity contribution in [3.05, 3.63) is 99.8 Å². The van der Waals surface area contributed by atoms with Crippen molar-refractivity contribution in [2.24, 2.45) is 7.05 Å². The summed E-state index contributed by atoms with van der Waals surface area (Å²) >= 11 is 0. The molecule has 0 aliphatic heterocycles. The van der Waals surface area contributed by atoms with Gasteiger partial charge in [-0.3, -0.25) is 9.78 Å². The molecule has 4 nitrogen and oxygen atoms in total. The predicted octanol–water partition coefficient (Wildman–Crippen LogP) is 5.90. The number of nitrogens with zero attached hydrogens (tertiary/aromatic N) is 2. The fraction of sp³-hybridized carbons (Fsp3) is 0.259. The van der Waals surface area contributed by atoms with Crippen molar-refractivity contribution in [1.29, 1.82) is 0 Å². The van der Waals surface area contributed by atoms with Gasteiger partial charge < -0.3 is 9.88 Å². The molecule has 3 rings (SSSR count). The van der Waals surface area contributed by atoms with E-state index in [1.54, 1.807) is 4.57 Å². The molecular weight excluding hydrogens is 382 g/mol. The first kappa shape index (κ1) is 22.3. The molecule has 2 aromatic heterocycles. The van der Waals surface area contributed by atoms with E-state index in [9.17, 15) is 4.79 Å². The molecule has 0 aliphatic carbocycles. The van der Waals surface area contributed by atoms with Gasteiger partial charge in [0.05, 0.1) is 5.69 Å². The Morgan fingerprint density at radius 1 is 1.19 bits per heavy atom. The van der Waals surface area contributed by atoms with Gasteiger partial charge in [-0.05, 0) is 87.0 Å². The number of fused-ring (bicyclic) bond motifs is 1. The largest absolute Gasteiger partial charge is 0.378 e. The Morgan fingerprint density at radius 3 is 2.55 bits per heavy atom. The first-order chi connectivity index (χ1) is 14.8. The normalized spacial score (nSPS) is 13.4. The summed E-state index contributed by atoms with van der Waals surface area (Å²) in [5.74, 6) is 0. The Hall–Kier alpha value is -3.40. The second-order valence-electron chi connectivity index (χ2n) is 8.06. The lowest BCUT2D eigenvalue weighted by Gasteiger charge is -2.21. The maximum atomic E-state index is 13.3. The average molecular weight is 414 g/mol. The van der Waals surface area contributed by atoms with Crippen LogP contribution >= 0.6 is 0 Å². The van der Waals surface area contributed by atoms with Crippen LogP contribution in [-0.4, -0.2) is 9.55 Å². The summed E-state index contributed by atoms with van der Waals surface area (Å²) in [4.78, 5) is 17.7. The quantitative estimate of drug-likeness (QED) is 0.512. The van der Waals surface area contributed by atoms with Crippen LogP contribution in [0.25, 0.3) is 22.0 Å². The zero-order valence-corrected chi connectivity index (χ0v) is 19.3. The van der Waals surface area contributed by atoms with Crippen LogP contribution in [0.5, 0.6) is 0 Å². The third-order valence-corrected chi connectivity index (χ3v) is 5.64. The van der Waals surface area contributed by atoms with Crippen molar-refractivity contribution in [3.8, 4) is 11.3 Å². The SMILES string of the molecule is C=C/C(C)=C(\C=C/C)N[C@H](C)c1cc(C)cc2c(=O)n(C)c(-c3ccc(C)nc3)cc12. The molecule has 1 N–H and O–H groups in total. The van der Waals surface area contributed by atoms with Gasteiger partial charge in [0, 0.05) is 41.6 Å². The second kappa shape index (κ2) is 9.17. The molecule has 0 bridgehead atoms. The predicted molar refractivity (Wildman–Crippen MR) is 131 cm³/mol. The molecule has 0 spiro atoms. The monoisotopic (exact) mass is 413 g/mol. The maximum Gasteiger partial charge on any atom is 0.258 e. The number of benzene rings is 1. The van der Waals surface area contributed by atoms with Crippen LogP contribution < -0.4 is 10.9 Å². The summed E-state index contributed by atoms with van der Waals surface area (Å²) in [7, 11) is 1.82. The topological polar surface area (TPSA) is 46.9 Å². The van der Waals surface area contributed by atoms with Crippen LogP contribution in [0.2, 0.25) is 0 Å². The number of nitrogens with one attached hydrogen (secondary N) is 1. The Bertz CT molecular complexity index is 1240. The molecule has 3 aromatic rings. The standard InChI is InChI=1S/C27H31N3O/c1-8-10-25(18(4)9-2)29-20(6)22-13-17(3)14-24-23(22)15-26(30(7)27(24)31)21-12-11-19(5)28-16-21/h8-16,20,29H,2H2,1,3-7H3/b10-8-,25-18+/t20-/m1/s1. The fourth-order valence-electron chi connectivity index (χ4n) is 3.82. The highest BCUT2D eigenvalue weighted by atomic mass is 16.1. The van der Waals surface area contributed by atoms with Crippen molar-refractivity contribution in [1.82, 2.24) is 14.9 Å². The lowest BCUT2D eigenvalue weighted by atomic mass is 9.96. The van der Waals surface area contributed by atoms with E-state index < -0.39 is 0 Å². The van der Waals surface area contributed by atoms with Gasteiger partial charge in [0.1, 0.15) is 0 Å². The highest BCUT2D eigenvalue weighted by Crippen LogP contribution is 2.29. The summed E-state index contributed by atoms with van der Waals surface area (Å²) in [5, 5.41) is 5.29. The first-order valence-corrected chi connectivity index (χ1v) is 10.6. The van der Waals surface area contributed by atoms with Crippen molar-refractivity contribution in [2.45, 2.75) is 40.7 Å². The number of pyridine rings is 2. The Balaban J connectivity index is 2.23. The number of allylic oxidation sites excluding steroid dienone is 4. The molecule has 1 atom stereocenters. The van der Waals surface area contributed by atoms with Gasteiger partial charge in [-0.1, -0.05) is 24.8 Å². The van der Waals surface area contributed by atoms with Crippen LogP contribution in [0, 0.1) is 13.8 Å². The maximum absolute atomic E-state index is 13.3. The lowest BCUT2D eigenvalue weighted by molar-refractivity contribution is 0.665. The summed E-state index contributed by atoms with van der Waals surface area (Å²) in [5.41, 5.74) is 6.98. The number of aryl methyl sites for hydroxylation is 2. The van der Waals surface area contributed by atoms with E-state index in [-0.39, 0.29) is 11.6 Å². The molecule has 31 heavy (non-hydrogen) atoms. The molecule has 0 fully saturated rings. The molecule has 1 aromatic carbocycles. The fourth-order valence-corrected chi connectivity index (χ4v) is 3.82. The molecule has 2 heterocycles. The van der Waals surface area contributed by atoms with Crippen molar-refractivity contribution < 1.29 is 0 Å². The van der Waals surface area contributed by atoms with Crippen molar-refractivity contribution in [2.75, 3.05) is 0 Å². The molecule has 0 unspecified atom stereocenters. The van der Waals surface area contributed by atoms with Gasteiger partial charge in [0.15, 0.2) is 0 Å². The first-order valence-electron chi connectivity index (χ1n) is 10.6. The minimum absolute atomic E-state index is 0.000371. The van der Waals surface area contributed by atoms with E-state index in [0.29, 0.717) is 0 Å². The van der Waals surface area contributed by atoms with Gasteiger partial charge in [0.25, 0.3) is 5.56 Å². The molecule has 4 heteroatoms. The van der Waals surface area contributed by atoms with Crippen LogP contribution in [0.1, 0.15) is 43.6 Å². The van der Waals surface area contributed by atoms with Crippen LogP contribution in [0.15, 0.2) is 77.4 Å². The smallest absolute Gasteiger partial charge is 0.258 e. The lowest BCUT2D eigenvalue weighted by Crippen LogP contribution is -2.22. The number of aromatic nitrogens is 2. The van der Waals surface area contributed by atoms with Crippen LogP contribution in [-0.2, 0) is 7.05 Å². The summed E-state index contributed by atoms with van der Waals surface area (Å²) < 4.78 is 1.71. The average Bonchev–Trinajstić information content (AvgIpc) is 2.75. The van der Waals surface area contributed by atoms with E-state index in [4.69, 9.17) is 0 Å². The minimum Gasteiger partial charge on any atom is -0.378 e. The van der Waals surface area contributed by atoms with Gasteiger partial charge in [-0.15, -0.1) is 0 Å². The Labute approximate surface area is 184 Å². The van der Waals surface area contributed by atoms with Gasteiger partial charge in [-0.2, -0.15) is 0 Å². The highest BCUT2D eigenvalue weighted by Gasteiger charge is 2.16. The summed E-state index contributed by atoms with van der Waals surface area (Å²) in [6, 6.07) is 10.2. The highest BCUT2D eigenvalue weighted by molar-refractivity contribution is 5.89. The molecule has 160 valence electrons. The number of rotatable bonds is 6. The molecular formula is C27H31N3O. The third kappa shape index (κ3) is 4.53. The Morgan fingerprint density at radius 2 is 1.94 bits per heavy atom. The van der Waals surface area contributed by atoms with Crippen LogP contribution in [0.3, 0.4) is 0 Å². The van der Waals surface area contributed by atoms with Gasteiger partial charge in [-0.25, -0.2) is 0 Å². The second-order valence-corrected chi connectivity index (χ2v) is 8.06. The van der Waals surface area contributed by atoms with E-state index in [1.807, 2.05) is 77.4 Å². The molecule has 0 saturated carbocycles. The zero-order chi connectivity index (χ0) is 22.7. The van der Waals surface area contributed by atoms with Gasteiger partial charge >= 0.3 is 0 Å². The summed E-state index contributed by atoms with van der Waals surface area (Å²) in [6.45, 7) is 14.0. The third-order valence-electron chi connectivity index (χ3n) is 5.64. The van der Waals surface area contributed by atoms with E-state index in [0.717, 1.165) is 50.1 Å². The number of hydrogen-bond donors (Lipinski definition) is 1. The number of hydrogen-bond acceptors (Lipinski definition) is 3. The van der Waals surface area contributed by atoms with Gasteiger partial charge in [0.2, 0.25) is 0 Å². The molecule has 0 saturated heterocycles. The van der Waals surface area contributed by atoms with Crippen molar-refractivity contribution >= 4 is 10.8 Å². The molecule has 0 amide bonds. The van der Waals surface area contributed by atoms with Crippen LogP contribution in [0.4, 0.5) is 0 Å². The minimum atomic E-state index is -0.00304.